The number of benzene rings is 2. The van der Waals surface area contributed by atoms with E-state index in [0.717, 1.165) is 5.52 Å². The van der Waals surface area contributed by atoms with Crippen molar-refractivity contribution in [1.82, 2.24) is 4.98 Å². The van der Waals surface area contributed by atoms with E-state index in [1.807, 2.05) is 0 Å². The van der Waals surface area contributed by atoms with Gasteiger partial charge < -0.3 is 14.9 Å². The Kier molecular flexibility index (Phi) is 3.42. The molecule has 0 aliphatic rings. The van der Waals surface area contributed by atoms with Crippen LogP contribution in [0.25, 0.3) is 11.1 Å². The molecule has 0 saturated carbocycles. The highest BCUT2D eigenvalue weighted by Crippen LogP contribution is 2.33. The van der Waals surface area contributed by atoms with Gasteiger partial charge in [0.1, 0.15) is 5.52 Å². The average Bonchev–Trinajstić information content (AvgIpc) is 2.80. The lowest BCUT2D eigenvalue weighted by Gasteiger charge is -2.07. The number of nitrogens with zero attached hydrogens (tertiary/aromatic N) is 1. The highest BCUT2D eigenvalue weighted by molar-refractivity contribution is 6.37. The molecule has 4 nitrogen and oxygen atoms in total. The lowest BCUT2D eigenvalue weighted by Crippen LogP contribution is -1.96. The van der Waals surface area contributed by atoms with Gasteiger partial charge in [0, 0.05) is 11.8 Å². The van der Waals surface area contributed by atoms with E-state index < -0.39 is 0 Å². The zero-order valence-corrected chi connectivity index (χ0v) is 11.8. The average molecular weight is 309 g/mol. The van der Waals surface area contributed by atoms with Crippen LogP contribution >= 0.6 is 23.2 Å². The van der Waals surface area contributed by atoms with Crippen molar-refractivity contribution in [3.05, 3.63) is 52.3 Å². The number of para-hydroxylation sites is 1. The third-order valence-corrected chi connectivity index (χ3v) is 3.31. The molecule has 1 heterocycles. The van der Waals surface area contributed by atoms with Crippen LogP contribution in [0.5, 0.6) is 5.75 Å². The third kappa shape index (κ3) is 2.53. The van der Waals surface area contributed by atoms with Crippen LogP contribution in [0.4, 0.5) is 5.69 Å². The van der Waals surface area contributed by atoms with Crippen molar-refractivity contribution in [1.29, 1.82) is 0 Å². The molecule has 0 unspecified atom stereocenters. The summed E-state index contributed by atoms with van der Waals surface area (Å²) >= 11 is 12.0. The minimum Gasteiger partial charge on any atom is -0.481 e. The Hall–Kier alpha value is -1.91. The van der Waals surface area contributed by atoms with Crippen LogP contribution in [0.3, 0.4) is 0 Å². The van der Waals surface area contributed by atoms with E-state index in [1.54, 1.807) is 36.4 Å². The van der Waals surface area contributed by atoms with Gasteiger partial charge in [-0.3, -0.25) is 0 Å². The molecule has 0 aliphatic heterocycles. The van der Waals surface area contributed by atoms with Crippen molar-refractivity contribution in [2.45, 2.75) is 6.61 Å². The molecule has 6 heteroatoms. The lowest BCUT2D eigenvalue weighted by molar-refractivity contribution is 0.267. The first-order valence-corrected chi connectivity index (χ1v) is 6.61. The minimum absolute atomic E-state index is 0.137. The molecule has 0 bridgehead atoms. The number of anilines is 1. The number of halogens is 2. The molecule has 2 aromatic carbocycles. The molecule has 1 aromatic heterocycles. The maximum absolute atomic E-state index is 6.02. The maximum atomic E-state index is 6.02. The Bertz CT molecular complexity index is 751. The van der Waals surface area contributed by atoms with Gasteiger partial charge in [-0.15, -0.1) is 0 Å². The van der Waals surface area contributed by atoms with Gasteiger partial charge in [-0.2, -0.15) is 0 Å². The molecular formula is C14H10Cl2N2O2. The van der Waals surface area contributed by atoms with Gasteiger partial charge in [-0.1, -0.05) is 29.3 Å². The highest BCUT2D eigenvalue weighted by atomic mass is 35.5. The molecule has 0 amide bonds. The predicted octanol–water partition coefficient (Wildman–Crippen LogP) is 4.30. The Labute approximate surface area is 125 Å². The number of aromatic nitrogens is 1. The molecule has 0 spiro atoms. The largest absolute Gasteiger partial charge is 0.481 e. The van der Waals surface area contributed by atoms with Gasteiger partial charge >= 0.3 is 0 Å². The van der Waals surface area contributed by atoms with Gasteiger partial charge in [0.25, 0.3) is 0 Å². The van der Waals surface area contributed by atoms with Crippen LogP contribution in [-0.4, -0.2) is 4.98 Å². The first-order valence-electron chi connectivity index (χ1n) is 5.85. The summed E-state index contributed by atoms with van der Waals surface area (Å²) in [5, 5.41) is 0.885. The summed E-state index contributed by atoms with van der Waals surface area (Å²) < 4.78 is 11.1. The Balaban J connectivity index is 1.83. The van der Waals surface area contributed by atoms with Gasteiger partial charge in [-0.25, -0.2) is 4.98 Å². The number of rotatable bonds is 3. The topological polar surface area (TPSA) is 61.3 Å². The van der Waals surface area contributed by atoms with Crippen LogP contribution in [0.1, 0.15) is 5.89 Å². The van der Waals surface area contributed by atoms with Crippen molar-refractivity contribution in [3.63, 3.8) is 0 Å². The number of hydrogen-bond donors (Lipinski definition) is 1. The molecule has 3 rings (SSSR count). The number of oxazole rings is 1. The molecule has 0 saturated heterocycles. The predicted molar refractivity (Wildman–Crippen MR) is 79.2 cm³/mol. The quantitative estimate of drug-likeness (QED) is 0.733. The van der Waals surface area contributed by atoms with Crippen molar-refractivity contribution in [3.8, 4) is 5.75 Å². The highest BCUT2D eigenvalue weighted by Gasteiger charge is 2.10. The molecule has 0 aliphatic carbocycles. The Morgan fingerprint density at radius 3 is 2.65 bits per heavy atom. The summed E-state index contributed by atoms with van der Waals surface area (Å²) in [6.07, 6.45) is 0. The van der Waals surface area contributed by atoms with Gasteiger partial charge in [0.05, 0.1) is 10.0 Å². The van der Waals surface area contributed by atoms with Crippen molar-refractivity contribution < 1.29 is 9.15 Å². The molecule has 20 heavy (non-hydrogen) atoms. The lowest BCUT2D eigenvalue weighted by atomic mass is 10.3. The standard InChI is InChI=1S/C14H10Cl2N2O2/c15-9-2-1-3-10(16)14(9)19-7-13-18-11-5-4-8(17)6-12(11)20-13/h1-6H,7,17H2. The van der Waals surface area contributed by atoms with Crippen LogP contribution < -0.4 is 10.5 Å². The molecule has 102 valence electrons. The fraction of sp³-hybridized carbons (Fsp3) is 0.0714. The molecule has 3 aromatic rings. The second-order valence-electron chi connectivity index (χ2n) is 4.17. The van der Waals surface area contributed by atoms with Crippen LogP contribution in [0, 0.1) is 0 Å². The normalized spacial score (nSPS) is 10.9. The maximum Gasteiger partial charge on any atom is 0.233 e. The molecule has 0 atom stereocenters. The number of hydrogen-bond acceptors (Lipinski definition) is 4. The van der Waals surface area contributed by atoms with Crippen molar-refractivity contribution in [2.24, 2.45) is 0 Å². The van der Waals surface area contributed by atoms with Gasteiger partial charge in [-0.05, 0) is 24.3 Å². The van der Waals surface area contributed by atoms with E-state index in [9.17, 15) is 0 Å². The van der Waals surface area contributed by atoms with E-state index in [4.69, 9.17) is 38.1 Å². The molecule has 2 N–H and O–H groups in total. The van der Waals surface area contributed by atoms with Crippen LogP contribution in [-0.2, 0) is 6.61 Å². The Morgan fingerprint density at radius 2 is 1.90 bits per heavy atom. The van der Waals surface area contributed by atoms with E-state index in [0.29, 0.717) is 33.0 Å². The molecule has 0 fully saturated rings. The monoisotopic (exact) mass is 308 g/mol. The van der Waals surface area contributed by atoms with Crippen molar-refractivity contribution in [2.75, 3.05) is 5.73 Å². The second-order valence-corrected chi connectivity index (χ2v) is 4.99. The van der Waals surface area contributed by atoms with Gasteiger partial charge in [0.15, 0.2) is 17.9 Å². The van der Waals surface area contributed by atoms with Gasteiger partial charge in [0.2, 0.25) is 5.89 Å². The summed E-state index contributed by atoms with van der Waals surface area (Å²) in [5.41, 5.74) is 7.65. The number of fused-ring (bicyclic) bond motifs is 1. The first-order chi connectivity index (χ1) is 9.63. The third-order valence-electron chi connectivity index (χ3n) is 2.72. The summed E-state index contributed by atoms with van der Waals surface area (Å²) in [6.45, 7) is 0.137. The van der Waals surface area contributed by atoms with E-state index in [1.165, 1.54) is 0 Å². The summed E-state index contributed by atoms with van der Waals surface area (Å²) in [4.78, 5) is 4.29. The van der Waals surface area contributed by atoms with Crippen molar-refractivity contribution >= 4 is 40.0 Å². The summed E-state index contributed by atoms with van der Waals surface area (Å²) in [6, 6.07) is 10.4. The number of ether oxygens (including phenoxy) is 1. The Morgan fingerprint density at radius 1 is 1.15 bits per heavy atom. The fourth-order valence-corrected chi connectivity index (χ4v) is 2.31. The molecule has 0 radical (unpaired) electrons. The van der Waals surface area contributed by atoms with Crippen LogP contribution in [0.2, 0.25) is 10.0 Å². The van der Waals surface area contributed by atoms with E-state index >= 15 is 0 Å². The number of nitrogens with two attached hydrogens (primary N) is 1. The molecular weight excluding hydrogens is 299 g/mol. The zero-order valence-electron chi connectivity index (χ0n) is 10.3. The second kappa shape index (κ2) is 5.23. The summed E-state index contributed by atoms with van der Waals surface area (Å²) in [5.74, 6) is 0.846. The smallest absolute Gasteiger partial charge is 0.233 e. The number of nitrogen functional groups attached to an aromatic ring is 1. The van der Waals surface area contributed by atoms with E-state index in [2.05, 4.69) is 4.98 Å². The fourth-order valence-electron chi connectivity index (χ4n) is 1.80. The minimum atomic E-state index is 0.137. The van der Waals surface area contributed by atoms with Crippen LogP contribution in [0.15, 0.2) is 40.8 Å². The zero-order chi connectivity index (χ0) is 14.1. The van der Waals surface area contributed by atoms with E-state index in [-0.39, 0.29) is 6.61 Å². The first kappa shape index (κ1) is 13.1. The SMILES string of the molecule is Nc1ccc2nc(COc3c(Cl)cccc3Cl)oc2c1. The summed E-state index contributed by atoms with van der Waals surface area (Å²) in [7, 11) is 0.